The maximum absolute atomic E-state index is 12.4. The van der Waals surface area contributed by atoms with Gasteiger partial charge in [0.05, 0.1) is 31.2 Å². The molecule has 3 N–H and O–H groups in total. The number of hydrogen-bond donors (Lipinski definition) is 2. The largest absolute Gasteiger partial charge is 0.397 e. The highest BCUT2D eigenvalue weighted by molar-refractivity contribution is 6.05. The summed E-state index contributed by atoms with van der Waals surface area (Å²) < 4.78 is 1.82. The molecule has 0 aliphatic heterocycles. The number of carbonyl (C=O) groups excluding carboxylic acids is 1. The number of hydrogen-bond acceptors (Lipinski definition) is 5. The highest BCUT2D eigenvalue weighted by Gasteiger charge is 2.10. The first-order chi connectivity index (χ1) is 12.6. The maximum atomic E-state index is 12.4. The molecule has 0 unspecified atom stereocenters. The van der Waals surface area contributed by atoms with E-state index in [2.05, 4.69) is 10.4 Å². The number of amides is 1. The highest BCUT2D eigenvalue weighted by Crippen LogP contribution is 2.18. The van der Waals surface area contributed by atoms with Gasteiger partial charge < -0.3 is 11.1 Å². The van der Waals surface area contributed by atoms with Crippen LogP contribution >= 0.6 is 0 Å². The van der Waals surface area contributed by atoms with Crippen molar-refractivity contribution in [3.05, 3.63) is 71.9 Å². The summed E-state index contributed by atoms with van der Waals surface area (Å²) in [4.78, 5) is 17.6. The van der Waals surface area contributed by atoms with Crippen LogP contribution in [0.25, 0.3) is 0 Å². The Hall–Kier alpha value is -3.32. The van der Waals surface area contributed by atoms with Crippen LogP contribution in [-0.2, 0) is 11.4 Å². The van der Waals surface area contributed by atoms with Gasteiger partial charge in [0.25, 0.3) is 5.91 Å². The smallest absolute Gasteiger partial charge is 0.255 e. The number of nitrogens with zero attached hydrogens (tertiary/aromatic N) is 3. The molecule has 1 amide bonds. The number of nitrogen functional groups attached to an aromatic ring is 1. The van der Waals surface area contributed by atoms with Gasteiger partial charge in [-0.15, -0.1) is 0 Å². The number of carbonyl (C=O) groups is 1. The van der Waals surface area contributed by atoms with E-state index in [0.717, 1.165) is 11.4 Å². The monoisotopic (exact) mass is 351 g/mol. The third kappa shape index (κ3) is 3.84. The SMILES string of the molecule is CON(C)c1ccnn1Cc1ccc(C(=O)Nc2ccccc2N)cc1. The summed E-state index contributed by atoms with van der Waals surface area (Å²) in [6.07, 6.45) is 1.72. The zero-order valence-corrected chi connectivity index (χ0v) is 14.7. The molecule has 0 saturated heterocycles. The zero-order chi connectivity index (χ0) is 18.5. The van der Waals surface area contributed by atoms with E-state index in [1.807, 2.05) is 42.1 Å². The van der Waals surface area contributed by atoms with E-state index in [-0.39, 0.29) is 5.91 Å². The van der Waals surface area contributed by atoms with E-state index in [1.165, 1.54) is 0 Å². The first-order valence-corrected chi connectivity index (χ1v) is 8.13. The summed E-state index contributed by atoms with van der Waals surface area (Å²) in [7, 11) is 3.42. The lowest BCUT2D eigenvalue weighted by Gasteiger charge is -2.17. The minimum Gasteiger partial charge on any atom is -0.397 e. The Morgan fingerprint density at radius 2 is 1.92 bits per heavy atom. The van der Waals surface area contributed by atoms with Crippen molar-refractivity contribution >= 4 is 23.1 Å². The first kappa shape index (κ1) is 17.5. The second-order valence-corrected chi connectivity index (χ2v) is 5.77. The molecule has 0 radical (unpaired) electrons. The first-order valence-electron chi connectivity index (χ1n) is 8.13. The topological polar surface area (TPSA) is 85.4 Å². The molecule has 0 aliphatic rings. The number of para-hydroxylation sites is 2. The van der Waals surface area contributed by atoms with Gasteiger partial charge in [0, 0.05) is 18.7 Å². The lowest BCUT2D eigenvalue weighted by Crippen LogP contribution is -2.19. The van der Waals surface area contributed by atoms with E-state index < -0.39 is 0 Å². The van der Waals surface area contributed by atoms with Gasteiger partial charge in [-0.3, -0.25) is 9.63 Å². The number of benzene rings is 2. The predicted octanol–water partition coefficient (Wildman–Crippen LogP) is 2.76. The number of anilines is 3. The molecule has 0 aliphatic carbocycles. The van der Waals surface area contributed by atoms with Crippen LogP contribution in [0.15, 0.2) is 60.8 Å². The molecule has 2 aromatic carbocycles. The minimum atomic E-state index is -0.201. The van der Waals surface area contributed by atoms with Gasteiger partial charge in [-0.1, -0.05) is 24.3 Å². The number of nitrogens with two attached hydrogens (primary N) is 1. The van der Waals surface area contributed by atoms with Gasteiger partial charge in [0.1, 0.15) is 0 Å². The Balaban J connectivity index is 1.70. The van der Waals surface area contributed by atoms with Crippen LogP contribution in [0.3, 0.4) is 0 Å². The van der Waals surface area contributed by atoms with Crippen molar-refractivity contribution in [3.8, 4) is 0 Å². The summed E-state index contributed by atoms with van der Waals surface area (Å²) >= 11 is 0. The molecule has 1 heterocycles. The van der Waals surface area contributed by atoms with Crippen LogP contribution in [0.4, 0.5) is 17.2 Å². The van der Waals surface area contributed by atoms with E-state index >= 15 is 0 Å². The third-order valence-corrected chi connectivity index (χ3v) is 4.05. The van der Waals surface area contributed by atoms with Crippen molar-refractivity contribution in [2.24, 2.45) is 0 Å². The van der Waals surface area contributed by atoms with Gasteiger partial charge in [-0.2, -0.15) is 5.10 Å². The van der Waals surface area contributed by atoms with Crippen LogP contribution < -0.4 is 16.1 Å². The van der Waals surface area contributed by atoms with E-state index in [9.17, 15) is 4.79 Å². The van der Waals surface area contributed by atoms with Gasteiger partial charge >= 0.3 is 0 Å². The zero-order valence-electron chi connectivity index (χ0n) is 14.7. The molecular weight excluding hydrogens is 330 g/mol. The fourth-order valence-electron chi connectivity index (χ4n) is 2.55. The van der Waals surface area contributed by atoms with E-state index in [0.29, 0.717) is 23.5 Å². The minimum absolute atomic E-state index is 0.201. The summed E-state index contributed by atoms with van der Waals surface area (Å²) in [6, 6.07) is 16.4. The van der Waals surface area contributed by atoms with Crippen molar-refractivity contribution in [3.63, 3.8) is 0 Å². The van der Waals surface area contributed by atoms with Crippen molar-refractivity contribution in [1.82, 2.24) is 9.78 Å². The Labute approximate surface area is 151 Å². The molecule has 0 fully saturated rings. The molecule has 7 heteroatoms. The molecule has 0 bridgehead atoms. The Bertz CT molecular complexity index is 889. The molecule has 134 valence electrons. The fourth-order valence-corrected chi connectivity index (χ4v) is 2.55. The standard InChI is InChI=1S/C19H21N5O2/c1-23(26-2)18-11-12-21-24(18)13-14-7-9-15(10-8-14)19(25)22-17-6-4-3-5-16(17)20/h3-12H,13,20H2,1-2H3,(H,22,25). The summed E-state index contributed by atoms with van der Waals surface area (Å²) in [5.41, 5.74) is 8.58. The number of aromatic nitrogens is 2. The number of nitrogens with one attached hydrogen (secondary N) is 1. The van der Waals surface area contributed by atoms with Gasteiger partial charge in [-0.05, 0) is 29.8 Å². The molecule has 1 aromatic heterocycles. The Kier molecular flexibility index (Phi) is 5.19. The summed E-state index contributed by atoms with van der Waals surface area (Å²) in [5, 5.41) is 8.76. The predicted molar refractivity (Wildman–Crippen MR) is 102 cm³/mol. The molecule has 3 aromatic rings. The van der Waals surface area contributed by atoms with Crippen LogP contribution in [0.5, 0.6) is 0 Å². The summed E-state index contributed by atoms with van der Waals surface area (Å²) in [5.74, 6) is 0.641. The highest BCUT2D eigenvalue weighted by atomic mass is 16.7. The molecule has 7 nitrogen and oxygen atoms in total. The number of rotatable bonds is 6. The van der Waals surface area contributed by atoms with Gasteiger partial charge in [0.15, 0.2) is 5.82 Å². The Morgan fingerprint density at radius 3 is 2.62 bits per heavy atom. The lowest BCUT2D eigenvalue weighted by atomic mass is 10.1. The van der Waals surface area contributed by atoms with Crippen LogP contribution in [0, 0.1) is 0 Å². The maximum Gasteiger partial charge on any atom is 0.255 e. The average Bonchev–Trinajstić information content (AvgIpc) is 3.11. The molecular formula is C19H21N5O2. The second-order valence-electron chi connectivity index (χ2n) is 5.77. The summed E-state index contributed by atoms with van der Waals surface area (Å²) in [6.45, 7) is 0.573. The van der Waals surface area contributed by atoms with Crippen LogP contribution in [0.2, 0.25) is 0 Å². The normalized spacial score (nSPS) is 10.5. The third-order valence-electron chi connectivity index (χ3n) is 4.05. The van der Waals surface area contributed by atoms with Crippen molar-refractivity contribution in [1.29, 1.82) is 0 Å². The van der Waals surface area contributed by atoms with Crippen molar-refractivity contribution in [2.75, 3.05) is 30.3 Å². The van der Waals surface area contributed by atoms with Gasteiger partial charge in [-0.25, -0.2) is 9.75 Å². The van der Waals surface area contributed by atoms with Crippen molar-refractivity contribution < 1.29 is 9.63 Å². The molecule has 0 saturated carbocycles. The van der Waals surface area contributed by atoms with Crippen LogP contribution in [0.1, 0.15) is 15.9 Å². The van der Waals surface area contributed by atoms with E-state index in [1.54, 1.807) is 42.6 Å². The average molecular weight is 351 g/mol. The molecule has 0 spiro atoms. The van der Waals surface area contributed by atoms with E-state index in [4.69, 9.17) is 10.6 Å². The molecule has 26 heavy (non-hydrogen) atoms. The Morgan fingerprint density at radius 1 is 1.19 bits per heavy atom. The second kappa shape index (κ2) is 7.71. The molecule has 3 rings (SSSR count). The van der Waals surface area contributed by atoms with Crippen molar-refractivity contribution in [2.45, 2.75) is 6.54 Å². The lowest BCUT2D eigenvalue weighted by molar-refractivity contribution is 0.102. The number of hydroxylamine groups is 1. The van der Waals surface area contributed by atoms with Crippen LogP contribution in [-0.4, -0.2) is 29.8 Å². The molecule has 0 atom stereocenters. The fraction of sp³-hybridized carbons (Fsp3) is 0.158. The quantitative estimate of drug-likeness (QED) is 0.527. The van der Waals surface area contributed by atoms with Gasteiger partial charge in [0.2, 0.25) is 0 Å².